The number of carbonyl (C=O) groups is 2. The van der Waals surface area contributed by atoms with Crippen molar-refractivity contribution < 1.29 is 23.8 Å². The number of hydrogen-bond donors (Lipinski definition) is 4. The number of aliphatic hydroxyl groups is 1. The first kappa shape index (κ1) is 24.6. The van der Waals surface area contributed by atoms with Gasteiger partial charge in [0, 0.05) is 17.4 Å². The van der Waals surface area contributed by atoms with Gasteiger partial charge in [0.05, 0.1) is 28.1 Å². The van der Waals surface area contributed by atoms with Crippen LogP contribution in [-0.4, -0.2) is 57.9 Å². The van der Waals surface area contributed by atoms with Gasteiger partial charge in [-0.2, -0.15) is 0 Å². The number of nitrogens with one attached hydrogen (secondary N) is 3. The Kier molecular flexibility index (Phi) is 7.43. The number of amides is 2. The van der Waals surface area contributed by atoms with Gasteiger partial charge in [0.15, 0.2) is 6.61 Å². The van der Waals surface area contributed by atoms with Crippen molar-refractivity contribution >= 4 is 35.2 Å². The maximum atomic E-state index is 13.5. The maximum Gasteiger partial charge on any atom is 0.258 e. The highest BCUT2D eigenvalue weighted by atomic mass is 35.5. The molecule has 1 aromatic carbocycles. The molecule has 1 aliphatic heterocycles. The summed E-state index contributed by atoms with van der Waals surface area (Å²) in [5, 5.41) is 20.8. The number of aliphatic hydroxyl groups excluding tert-OH is 1. The van der Waals surface area contributed by atoms with Crippen molar-refractivity contribution in [1.29, 1.82) is 0 Å². The number of carbonyl (C=O) groups excluding carboxylic acids is 2. The first-order chi connectivity index (χ1) is 15.7. The smallest absolute Gasteiger partial charge is 0.258 e. The van der Waals surface area contributed by atoms with Gasteiger partial charge < -0.3 is 20.5 Å². The zero-order valence-corrected chi connectivity index (χ0v) is 20.2. The summed E-state index contributed by atoms with van der Waals surface area (Å²) < 4.78 is 18.9. The molecule has 4 fully saturated rings. The number of fused-ring (bicyclic) bond motifs is 3. The van der Waals surface area contributed by atoms with E-state index in [-0.39, 0.29) is 35.2 Å². The summed E-state index contributed by atoms with van der Waals surface area (Å²) in [5.74, 6) is -0.0350. The standard InChI is InChI=1S/C23H31ClFN3O4S/c1-2-3-20-26-17(13-33-20)21(31)28-22-6-8-23(9-7-22,18(29)11-22)27-19(30)12-32-14-4-5-15(24)16(25)10-14/h4-5,10,17-18,20,26,29H,2-3,6-9,11-13H2,1H3,(H,27,30)(H,28,31). The van der Waals surface area contributed by atoms with Crippen LogP contribution in [0, 0.1) is 5.82 Å². The number of benzene rings is 1. The second kappa shape index (κ2) is 9.98. The van der Waals surface area contributed by atoms with Crippen molar-refractivity contribution in [3.05, 3.63) is 29.0 Å². The summed E-state index contributed by atoms with van der Waals surface area (Å²) in [6, 6.07) is 3.78. The molecule has 4 N–H and O–H groups in total. The highest BCUT2D eigenvalue weighted by molar-refractivity contribution is 8.00. The van der Waals surface area contributed by atoms with E-state index in [1.807, 2.05) is 0 Å². The molecule has 3 saturated carbocycles. The number of halogens is 2. The Morgan fingerprint density at radius 1 is 1.30 bits per heavy atom. The third-order valence-electron chi connectivity index (χ3n) is 7.08. The lowest BCUT2D eigenvalue weighted by molar-refractivity contribution is -0.136. The van der Waals surface area contributed by atoms with E-state index in [9.17, 15) is 19.1 Å². The van der Waals surface area contributed by atoms with Crippen LogP contribution in [0.15, 0.2) is 18.2 Å². The van der Waals surface area contributed by atoms with Gasteiger partial charge in [0.25, 0.3) is 5.91 Å². The zero-order chi connectivity index (χ0) is 23.6. The van der Waals surface area contributed by atoms with Gasteiger partial charge in [-0.3, -0.25) is 14.9 Å². The van der Waals surface area contributed by atoms with Crippen LogP contribution < -0.4 is 20.7 Å². The molecule has 5 rings (SSSR count). The fraction of sp³-hybridized carbons (Fsp3) is 0.652. The lowest BCUT2D eigenvalue weighted by atomic mass is 9.60. The van der Waals surface area contributed by atoms with Crippen molar-refractivity contribution in [2.45, 2.75) is 80.5 Å². The van der Waals surface area contributed by atoms with Crippen LogP contribution in [0.5, 0.6) is 5.75 Å². The molecule has 182 valence electrons. The third kappa shape index (κ3) is 5.42. The molecule has 1 aromatic rings. The van der Waals surface area contributed by atoms with Gasteiger partial charge in [-0.1, -0.05) is 24.9 Å². The van der Waals surface area contributed by atoms with Crippen molar-refractivity contribution in [1.82, 2.24) is 16.0 Å². The SMILES string of the molecule is CCCC1NC(C(=O)NC23CCC(NC(=O)COc4ccc(Cl)c(F)c4)(CC2)C(O)C3)CS1. The Balaban J connectivity index is 1.29. The first-order valence-corrected chi connectivity index (χ1v) is 12.9. The second-order valence-corrected chi connectivity index (χ2v) is 11.0. The summed E-state index contributed by atoms with van der Waals surface area (Å²) in [6.07, 6.45) is 4.27. The Morgan fingerprint density at radius 2 is 2.06 bits per heavy atom. The van der Waals surface area contributed by atoms with E-state index in [1.165, 1.54) is 12.1 Å². The maximum absolute atomic E-state index is 13.5. The van der Waals surface area contributed by atoms with Gasteiger partial charge in [-0.05, 0) is 50.7 Å². The molecule has 7 nitrogen and oxygen atoms in total. The minimum absolute atomic E-state index is 0.00432. The minimum atomic E-state index is -0.768. The molecule has 0 radical (unpaired) electrons. The van der Waals surface area contributed by atoms with E-state index in [0.29, 0.717) is 37.5 Å². The van der Waals surface area contributed by atoms with Crippen molar-refractivity contribution in [2.75, 3.05) is 12.4 Å². The van der Waals surface area contributed by atoms with Crippen LogP contribution in [0.25, 0.3) is 0 Å². The van der Waals surface area contributed by atoms with Crippen molar-refractivity contribution in [3.63, 3.8) is 0 Å². The number of hydrogen-bond acceptors (Lipinski definition) is 6. The lowest BCUT2D eigenvalue weighted by Gasteiger charge is -2.56. The van der Waals surface area contributed by atoms with Gasteiger partial charge in [-0.25, -0.2) is 4.39 Å². The average molecular weight is 500 g/mol. The van der Waals surface area contributed by atoms with Gasteiger partial charge in [0.1, 0.15) is 11.6 Å². The summed E-state index contributed by atoms with van der Waals surface area (Å²) in [4.78, 5) is 25.4. The van der Waals surface area contributed by atoms with E-state index in [4.69, 9.17) is 16.3 Å². The summed E-state index contributed by atoms with van der Waals surface area (Å²) in [7, 11) is 0. The molecule has 2 amide bonds. The molecule has 0 spiro atoms. The largest absolute Gasteiger partial charge is 0.484 e. The van der Waals surface area contributed by atoms with Crippen LogP contribution in [0.2, 0.25) is 5.02 Å². The molecular formula is C23H31ClFN3O4S. The third-order valence-corrected chi connectivity index (χ3v) is 8.68. The van der Waals surface area contributed by atoms with Crippen molar-refractivity contribution in [3.8, 4) is 5.75 Å². The summed E-state index contributed by atoms with van der Waals surface area (Å²) >= 11 is 7.44. The Bertz CT molecular complexity index is 896. The Labute approximate surface area is 202 Å². The highest BCUT2D eigenvalue weighted by Crippen LogP contribution is 2.47. The number of rotatable bonds is 8. The molecule has 4 aliphatic rings. The Morgan fingerprint density at radius 3 is 2.73 bits per heavy atom. The van der Waals surface area contributed by atoms with Crippen LogP contribution in [0.3, 0.4) is 0 Å². The molecule has 3 aliphatic carbocycles. The topological polar surface area (TPSA) is 99.7 Å². The molecule has 10 heteroatoms. The number of ether oxygens (including phenoxy) is 1. The van der Waals surface area contributed by atoms with E-state index in [2.05, 4.69) is 22.9 Å². The Hall–Kier alpha value is -1.55. The summed E-state index contributed by atoms with van der Waals surface area (Å²) in [6.45, 7) is 1.84. The lowest BCUT2D eigenvalue weighted by Crippen LogP contribution is -2.71. The quantitative estimate of drug-likeness (QED) is 0.439. The highest BCUT2D eigenvalue weighted by Gasteiger charge is 2.55. The van der Waals surface area contributed by atoms with Gasteiger partial charge >= 0.3 is 0 Å². The molecular weight excluding hydrogens is 469 g/mol. The van der Waals surface area contributed by atoms with Crippen LogP contribution in [0.4, 0.5) is 4.39 Å². The van der Waals surface area contributed by atoms with Gasteiger partial charge in [0.2, 0.25) is 5.91 Å². The van der Waals surface area contributed by atoms with Crippen LogP contribution >= 0.6 is 23.4 Å². The molecule has 3 unspecified atom stereocenters. The zero-order valence-electron chi connectivity index (χ0n) is 18.7. The minimum Gasteiger partial charge on any atom is -0.484 e. The fourth-order valence-corrected chi connectivity index (χ4v) is 6.61. The average Bonchev–Trinajstić information content (AvgIpc) is 3.25. The van der Waals surface area contributed by atoms with E-state index in [1.54, 1.807) is 11.8 Å². The molecule has 0 aromatic heterocycles. The van der Waals surface area contributed by atoms with Gasteiger partial charge in [-0.15, -0.1) is 11.8 Å². The van der Waals surface area contributed by atoms with E-state index in [0.717, 1.165) is 24.7 Å². The number of thioether (sulfide) groups is 1. The van der Waals surface area contributed by atoms with E-state index >= 15 is 0 Å². The predicted molar refractivity (Wildman–Crippen MR) is 126 cm³/mol. The molecule has 2 bridgehead atoms. The fourth-order valence-electron chi connectivity index (χ4n) is 5.15. The normalized spacial score (nSPS) is 33.0. The second-order valence-electron chi connectivity index (χ2n) is 9.39. The van der Waals surface area contributed by atoms with Crippen molar-refractivity contribution in [2.24, 2.45) is 0 Å². The summed E-state index contributed by atoms with van der Waals surface area (Å²) in [5.41, 5.74) is -1.17. The molecule has 3 atom stereocenters. The van der Waals surface area contributed by atoms with Crippen LogP contribution in [0.1, 0.15) is 51.9 Å². The van der Waals surface area contributed by atoms with Crippen LogP contribution in [-0.2, 0) is 9.59 Å². The molecule has 1 heterocycles. The predicted octanol–water partition coefficient (Wildman–Crippen LogP) is 2.74. The molecule has 1 saturated heterocycles. The van der Waals surface area contributed by atoms with E-state index < -0.39 is 23.0 Å². The monoisotopic (exact) mass is 499 g/mol. The first-order valence-electron chi connectivity index (χ1n) is 11.5. The molecule has 33 heavy (non-hydrogen) atoms.